The van der Waals surface area contributed by atoms with E-state index >= 15 is 0 Å². The molecule has 0 aliphatic rings. The lowest BCUT2D eigenvalue weighted by molar-refractivity contribution is -0.138. The van der Waals surface area contributed by atoms with Crippen molar-refractivity contribution in [2.75, 3.05) is 7.11 Å². The molecule has 0 N–H and O–H groups in total. The fourth-order valence-corrected chi connectivity index (χ4v) is 4.41. The summed E-state index contributed by atoms with van der Waals surface area (Å²) < 4.78 is 47.4. The number of nitrogens with zero attached hydrogens (tertiary/aromatic N) is 5. The Balaban J connectivity index is 1.63. The van der Waals surface area contributed by atoms with Crippen molar-refractivity contribution in [1.29, 1.82) is 0 Å². The maximum atomic E-state index is 13.6. The second-order valence-corrected chi connectivity index (χ2v) is 8.70. The molecule has 11 heteroatoms. The molecule has 0 amide bonds. The number of hydrogen-bond donors (Lipinski definition) is 0. The van der Waals surface area contributed by atoms with Gasteiger partial charge in [-0.1, -0.05) is 11.3 Å². The van der Waals surface area contributed by atoms with Gasteiger partial charge in [-0.3, -0.25) is 4.79 Å². The first-order chi connectivity index (χ1) is 15.7. The van der Waals surface area contributed by atoms with Gasteiger partial charge in [-0.25, -0.2) is 19.6 Å². The maximum Gasteiger partial charge on any atom is 0.420 e. The van der Waals surface area contributed by atoms with Gasteiger partial charge in [0.15, 0.2) is 5.82 Å². The first-order valence-electron chi connectivity index (χ1n) is 10.0. The largest absolute Gasteiger partial charge is 0.420 e. The number of pyridine rings is 2. The van der Waals surface area contributed by atoms with Crippen molar-refractivity contribution in [3.05, 3.63) is 64.2 Å². The van der Waals surface area contributed by atoms with E-state index in [4.69, 9.17) is 4.74 Å². The van der Waals surface area contributed by atoms with Crippen molar-refractivity contribution in [3.8, 4) is 5.82 Å². The van der Waals surface area contributed by atoms with Crippen LogP contribution >= 0.6 is 11.3 Å². The van der Waals surface area contributed by atoms with Crippen LogP contribution in [0.15, 0.2) is 36.9 Å². The Morgan fingerprint density at radius 1 is 1.24 bits per heavy atom. The quantitative estimate of drug-likeness (QED) is 0.387. The summed E-state index contributed by atoms with van der Waals surface area (Å²) >= 11 is 1.44. The van der Waals surface area contributed by atoms with Crippen LogP contribution in [0.2, 0.25) is 0 Å². The molecule has 172 valence electrons. The summed E-state index contributed by atoms with van der Waals surface area (Å²) in [5, 5.41) is 4.67. The minimum Gasteiger partial charge on any atom is -0.377 e. The predicted molar refractivity (Wildman–Crippen MR) is 116 cm³/mol. The van der Waals surface area contributed by atoms with E-state index in [-0.39, 0.29) is 36.1 Å². The summed E-state index contributed by atoms with van der Waals surface area (Å²) in [6, 6.07) is 2.46. The first kappa shape index (κ1) is 23.0. The van der Waals surface area contributed by atoms with Crippen LogP contribution in [0.3, 0.4) is 0 Å². The van der Waals surface area contributed by atoms with E-state index in [1.54, 1.807) is 13.3 Å². The Kier molecular flexibility index (Phi) is 6.26. The van der Waals surface area contributed by atoms with E-state index < -0.39 is 11.7 Å². The highest BCUT2D eigenvalue weighted by Crippen LogP contribution is 2.34. The van der Waals surface area contributed by atoms with Crippen LogP contribution in [-0.4, -0.2) is 37.6 Å². The minimum atomic E-state index is -4.65. The van der Waals surface area contributed by atoms with Gasteiger partial charge in [-0.15, -0.1) is 0 Å². The third-order valence-corrected chi connectivity index (χ3v) is 6.03. The molecule has 0 aromatic carbocycles. The Labute approximate surface area is 191 Å². The summed E-state index contributed by atoms with van der Waals surface area (Å²) in [6.45, 7) is 3.72. The molecule has 4 aromatic rings. The van der Waals surface area contributed by atoms with E-state index in [0.717, 1.165) is 26.1 Å². The topological polar surface area (TPSA) is 82.8 Å². The van der Waals surface area contributed by atoms with E-state index in [9.17, 15) is 18.0 Å². The smallest absolute Gasteiger partial charge is 0.377 e. The highest BCUT2D eigenvalue weighted by atomic mass is 32.1. The van der Waals surface area contributed by atoms with Crippen molar-refractivity contribution < 1.29 is 22.7 Å². The predicted octanol–water partition coefficient (Wildman–Crippen LogP) is 4.66. The van der Waals surface area contributed by atoms with Crippen LogP contribution in [0.4, 0.5) is 13.2 Å². The van der Waals surface area contributed by atoms with Gasteiger partial charge in [-0.05, 0) is 37.1 Å². The number of carbonyl (C=O) groups is 1. The van der Waals surface area contributed by atoms with Crippen LogP contribution in [0.5, 0.6) is 0 Å². The molecule has 0 saturated heterocycles. The molecule has 0 aliphatic carbocycles. The van der Waals surface area contributed by atoms with Crippen LogP contribution in [0, 0.1) is 6.92 Å². The van der Waals surface area contributed by atoms with Gasteiger partial charge >= 0.3 is 6.18 Å². The monoisotopic (exact) mass is 475 g/mol. The molecule has 4 rings (SSSR count). The van der Waals surface area contributed by atoms with Gasteiger partial charge in [0.2, 0.25) is 0 Å². The second kappa shape index (κ2) is 8.99. The fourth-order valence-electron chi connectivity index (χ4n) is 3.64. The number of aryl methyl sites for hydroxylation is 1. The van der Waals surface area contributed by atoms with E-state index in [2.05, 4.69) is 20.1 Å². The molecule has 0 radical (unpaired) electrons. The number of hydrogen-bond acceptors (Lipinski definition) is 7. The molecule has 0 bridgehead atoms. The fraction of sp³-hybridized carbons (Fsp3) is 0.318. The Morgan fingerprint density at radius 3 is 2.70 bits per heavy atom. The SMILES string of the molecule is CO[C@@H](C)c1c(CC(=O)Cc2cnc(-n3cccn3)c(C(F)(F)F)c2)cnc2sc(C)nc12. The summed E-state index contributed by atoms with van der Waals surface area (Å²) in [5.41, 5.74) is 1.31. The zero-order valence-electron chi connectivity index (χ0n) is 18.1. The van der Waals surface area contributed by atoms with E-state index in [0.29, 0.717) is 11.1 Å². The Hall–Kier alpha value is -3.18. The van der Waals surface area contributed by atoms with Crippen LogP contribution in [0.1, 0.15) is 40.3 Å². The summed E-state index contributed by atoms with van der Waals surface area (Å²) in [7, 11) is 1.56. The molecule has 0 aliphatic heterocycles. The lowest BCUT2D eigenvalue weighted by Gasteiger charge is -2.16. The van der Waals surface area contributed by atoms with Crippen LogP contribution in [0.25, 0.3) is 16.2 Å². The molecule has 4 heterocycles. The lowest BCUT2D eigenvalue weighted by Crippen LogP contribution is -2.16. The first-order valence-corrected chi connectivity index (χ1v) is 10.8. The number of thiazole rings is 1. The third-order valence-electron chi connectivity index (χ3n) is 5.15. The molecular weight excluding hydrogens is 455 g/mol. The number of methoxy groups -OCH3 is 1. The van der Waals surface area contributed by atoms with Crippen molar-refractivity contribution in [2.24, 2.45) is 0 Å². The molecule has 0 spiro atoms. The summed E-state index contributed by atoms with van der Waals surface area (Å²) in [6.07, 6.45) is 0.445. The average Bonchev–Trinajstić information content (AvgIpc) is 3.41. The number of halogens is 3. The van der Waals surface area contributed by atoms with E-state index in [1.807, 2.05) is 13.8 Å². The molecule has 33 heavy (non-hydrogen) atoms. The second-order valence-electron chi connectivity index (χ2n) is 7.52. The number of fused-ring (bicyclic) bond motifs is 1. The van der Waals surface area contributed by atoms with Gasteiger partial charge < -0.3 is 4.74 Å². The normalized spacial score (nSPS) is 12.9. The van der Waals surface area contributed by atoms with E-state index in [1.165, 1.54) is 36.0 Å². The molecular formula is C22H20F3N5O2S. The van der Waals surface area contributed by atoms with Gasteiger partial charge in [0.25, 0.3) is 0 Å². The van der Waals surface area contributed by atoms with Crippen molar-refractivity contribution in [1.82, 2.24) is 24.7 Å². The molecule has 4 aromatic heterocycles. The minimum absolute atomic E-state index is 0.00912. The average molecular weight is 475 g/mol. The van der Waals surface area contributed by atoms with Gasteiger partial charge in [0.05, 0.1) is 11.1 Å². The molecule has 0 unspecified atom stereocenters. The van der Waals surface area contributed by atoms with Gasteiger partial charge in [-0.2, -0.15) is 18.3 Å². The van der Waals surface area contributed by atoms with Crippen LogP contribution in [-0.2, 0) is 28.5 Å². The molecule has 7 nitrogen and oxygen atoms in total. The van der Waals surface area contributed by atoms with Crippen molar-refractivity contribution >= 4 is 27.5 Å². The number of ketones is 1. The standard InChI is InChI=1S/C22H20F3N5O2S/c1-12(32-3)18-15(11-27-21-19(18)29-13(2)33-21)9-16(31)7-14-8-17(22(23,24)25)20(26-10-14)30-6-4-5-28-30/h4-6,8,10-12H,7,9H2,1-3H3/t12-/m0/s1. The van der Waals surface area contributed by atoms with Crippen molar-refractivity contribution in [2.45, 2.75) is 39.0 Å². The van der Waals surface area contributed by atoms with Gasteiger partial charge in [0, 0.05) is 50.3 Å². The third kappa shape index (κ3) is 4.79. The highest BCUT2D eigenvalue weighted by Gasteiger charge is 2.35. The number of aromatic nitrogens is 5. The van der Waals surface area contributed by atoms with Gasteiger partial charge in [0.1, 0.15) is 21.7 Å². The Morgan fingerprint density at radius 2 is 2.03 bits per heavy atom. The van der Waals surface area contributed by atoms with Crippen LogP contribution < -0.4 is 0 Å². The summed E-state index contributed by atoms with van der Waals surface area (Å²) in [5.74, 6) is -0.608. The molecule has 1 atom stereocenters. The number of Topliss-reactive ketones (excluding diaryl/α,β-unsaturated/α-hetero) is 1. The number of rotatable bonds is 7. The molecule has 0 fully saturated rings. The maximum absolute atomic E-state index is 13.6. The molecule has 0 saturated carbocycles. The number of carbonyl (C=O) groups excluding carboxylic acids is 1. The highest BCUT2D eigenvalue weighted by molar-refractivity contribution is 7.18. The van der Waals surface area contributed by atoms with Crippen molar-refractivity contribution in [3.63, 3.8) is 0 Å². The summed E-state index contributed by atoms with van der Waals surface area (Å²) in [4.78, 5) is 26.5. The Bertz CT molecular complexity index is 1300. The zero-order valence-corrected chi connectivity index (χ0v) is 18.9. The number of ether oxygens (including phenoxy) is 1. The number of alkyl halides is 3. The zero-order chi connectivity index (χ0) is 23.8. The lowest BCUT2D eigenvalue weighted by atomic mass is 9.97.